The molecule has 0 radical (unpaired) electrons. The summed E-state index contributed by atoms with van der Waals surface area (Å²) in [5, 5.41) is 0. The largest absolute Gasteiger partial charge is 0.315 e. The smallest absolute Gasteiger partial charge is 0.201 e. The van der Waals surface area contributed by atoms with Crippen LogP contribution in [-0.2, 0) is 0 Å². The minimum absolute atomic E-state index is 0.0282. The fourth-order valence-corrected chi connectivity index (χ4v) is 2.61. The first-order valence-corrected chi connectivity index (χ1v) is 6.21. The second-order valence-corrected chi connectivity index (χ2v) is 5.78. The van der Waals surface area contributed by atoms with Crippen molar-refractivity contribution < 1.29 is 4.48 Å². The molecule has 1 heterocycles. The monoisotopic (exact) mass is 245 g/mol. The predicted molar refractivity (Wildman–Crippen MR) is 70.5 cm³/mol. The van der Waals surface area contributed by atoms with E-state index in [4.69, 9.17) is 17.2 Å². The van der Waals surface area contributed by atoms with Crippen LogP contribution in [0.1, 0.15) is 13.8 Å². The summed E-state index contributed by atoms with van der Waals surface area (Å²) in [5.74, 6) is 0. The number of hydrogen-bond donors (Lipinski definition) is 3. The van der Waals surface area contributed by atoms with Gasteiger partial charge in [0, 0.05) is 13.5 Å². The van der Waals surface area contributed by atoms with E-state index in [-0.39, 0.29) is 12.5 Å². The molecule has 0 saturated carbocycles. The third kappa shape index (κ3) is 2.47. The molecule has 0 aromatic rings. The highest BCUT2D eigenvalue weighted by Crippen LogP contribution is 2.24. The van der Waals surface area contributed by atoms with Crippen LogP contribution in [0.4, 0.5) is 0 Å². The van der Waals surface area contributed by atoms with Crippen LogP contribution in [0.3, 0.4) is 0 Å². The van der Waals surface area contributed by atoms with E-state index >= 15 is 0 Å². The topological polar surface area (TPSA) is 84.5 Å². The Hall–Kier alpha value is -0.240. The summed E-state index contributed by atoms with van der Waals surface area (Å²) in [7, 11) is 6.14. The normalized spacial score (nSPS) is 46.6. The molecule has 6 heteroatoms. The molecule has 1 saturated heterocycles. The van der Waals surface area contributed by atoms with Crippen molar-refractivity contribution in [2.45, 2.75) is 32.0 Å². The molecule has 0 aromatic heterocycles. The molecule has 1 rings (SSSR count). The van der Waals surface area contributed by atoms with Gasteiger partial charge in [-0.3, -0.25) is 20.9 Å². The van der Waals surface area contributed by atoms with Crippen LogP contribution < -0.4 is 17.2 Å². The Labute approximate surface area is 105 Å². The van der Waals surface area contributed by atoms with E-state index in [9.17, 15) is 0 Å². The minimum atomic E-state index is -0.421. The number of likely N-dealkylation sites (N-methyl/N-ethyl adjacent to an activating group) is 3. The molecule has 1 aliphatic rings. The molecule has 0 bridgehead atoms. The molecule has 4 atom stereocenters. The number of hydrogen-bond acceptors (Lipinski definition) is 5. The maximum absolute atomic E-state index is 6.51. The molecular formula is C11H29N6+. The molecule has 0 spiro atoms. The van der Waals surface area contributed by atoms with Crippen LogP contribution in [0, 0.1) is 0 Å². The number of quaternary nitrogens is 1. The van der Waals surface area contributed by atoms with Crippen molar-refractivity contribution in [3.8, 4) is 0 Å². The number of rotatable bonds is 1. The average molecular weight is 245 g/mol. The maximum Gasteiger partial charge on any atom is 0.201 e. The quantitative estimate of drug-likeness (QED) is 0.491. The van der Waals surface area contributed by atoms with E-state index in [2.05, 4.69) is 30.7 Å². The van der Waals surface area contributed by atoms with Gasteiger partial charge in [-0.2, -0.15) is 0 Å². The highest BCUT2D eigenvalue weighted by Gasteiger charge is 2.48. The average Bonchev–Trinajstić information content (AvgIpc) is 2.24. The summed E-state index contributed by atoms with van der Waals surface area (Å²) in [6.07, 6.45) is -0.158. The predicted octanol–water partition coefficient (Wildman–Crippen LogP) is -1.47. The van der Waals surface area contributed by atoms with Crippen LogP contribution in [0.25, 0.3) is 0 Å². The van der Waals surface area contributed by atoms with Gasteiger partial charge in [-0.05, 0) is 21.0 Å². The summed E-state index contributed by atoms with van der Waals surface area (Å²) in [6, 6.07) is 0. The number of nitrogens with two attached hydrogens (primary N) is 3. The fourth-order valence-electron chi connectivity index (χ4n) is 2.61. The lowest BCUT2D eigenvalue weighted by atomic mass is 10.1. The molecule has 0 aromatic carbocycles. The highest BCUT2D eigenvalue weighted by molar-refractivity contribution is 4.80. The zero-order valence-corrected chi connectivity index (χ0v) is 11.8. The van der Waals surface area contributed by atoms with Gasteiger partial charge in [0.25, 0.3) is 0 Å². The van der Waals surface area contributed by atoms with E-state index < -0.39 is 5.66 Å². The molecule has 0 amide bonds. The lowest BCUT2D eigenvalue weighted by Gasteiger charge is -2.55. The van der Waals surface area contributed by atoms with Crippen LogP contribution in [0.5, 0.6) is 0 Å². The summed E-state index contributed by atoms with van der Waals surface area (Å²) in [5.41, 5.74) is 18.6. The van der Waals surface area contributed by atoms with E-state index in [1.165, 1.54) is 0 Å². The van der Waals surface area contributed by atoms with Crippen molar-refractivity contribution in [3.63, 3.8) is 0 Å². The van der Waals surface area contributed by atoms with Gasteiger partial charge in [0.1, 0.15) is 0 Å². The number of nitrogens with zero attached hydrogens (tertiary/aromatic N) is 3. The molecule has 1 fully saturated rings. The van der Waals surface area contributed by atoms with Crippen LogP contribution in [0.2, 0.25) is 0 Å². The molecule has 0 aliphatic carbocycles. The van der Waals surface area contributed by atoms with Gasteiger partial charge in [-0.15, -0.1) is 0 Å². The van der Waals surface area contributed by atoms with Crippen LogP contribution >= 0.6 is 0 Å². The molecule has 17 heavy (non-hydrogen) atoms. The zero-order chi connectivity index (χ0) is 13.4. The summed E-state index contributed by atoms with van der Waals surface area (Å²) < 4.78 is 0.612. The Morgan fingerprint density at radius 3 is 2.29 bits per heavy atom. The lowest BCUT2D eigenvalue weighted by Crippen LogP contribution is -2.80. The van der Waals surface area contributed by atoms with Gasteiger partial charge in [-0.1, -0.05) is 0 Å². The van der Waals surface area contributed by atoms with Gasteiger partial charge in [0.2, 0.25) is 6.29 Å². The zero-order valence-electron chi connectivity index (χ0n) is 11.8. The van der Waals surface area contributed by atoms with Gasteiger partial charge >= 0.3 is 0 Å². The highest BCUT2D eigenvalue weighted by atomic mass is 15.6. The summed E-state index contributed by atoms with van der Waals surface area (Å²) in [6.45, 7) is 6.56. The standard InChI is InChI=1S/C11H29N6/c1-6-17(5)10(13)15(3)7-9(12)16(4)8-11(17,2)14/h9-10H,6-8,12-14H2,1-5H3/q+1. The first-order valence-electron chi connectivity index (χ1n) is 6.21. The molecule has 4 unspecified atom stereocenters. The third-order valence-electron chi connectivity index (χ3n) is 4.47. The van der Waals surface area contributed by atoms with Gasteiger partial charge < -0.3 is 5.73 Å². The lowest BCUT2D eigenvalue weighted by molar-refractivity contribution is -0.987. The third-order valence-corrected chi connectivity index (χ3v) is 4.47. The first-order chi connectivity index (χ1) is 7.65. The Kier molecular flexibility index (Phi) is 4.18. The second kappa shape index (κ2) is 4.79. The van der Waals surface area contributed by atoms with E-state index in [1.807, 2.05) is 14.1 Å². The van der Waals surface area contributed by atoms with Gasteiger partial charge in [0.05, 0.1) is 26.3 Å². The Balaban J connectivity index is 3.11. The van der Waals surface area contributed by atoms with Gasteiger partial charge in [-0.25, -0.2) is 4.90 Å². The Morgan fingerprint density at radius 1 is 1.29 bits per heavy atom. The van der Waals surface area contributed by atoms with Crippen LogP contribution in [0.15, 0.2) is 0 Å². The molecule has 6 nitrogen and oxygen atoms in total. The SMILES string of the molecule is CC[N+]1(C)C(N)N(C)CC(N)N(C)CC1(C)N. The maximum atomic E-state index is 6.51. The Bertz CT molecular complexity index is 269. The van der Waals surface area contributed by atoms with Crippen molar-refractivity contribution in [2.24, 2.45) is 17.2 Å². The molecule has 6 N–H and O–H groups in total. The van der Waals surface area contributed by atoms with Crippen molar-refractivity contribution >= 4 is 0 Å². The molecule has 1 aliphatic heterocycles. The van der Waals surface area contributed by atoms with E-state index in [0.29, 0.717) is 4.48 Å². The minimum Gasteiger partial charge on any atom is -0.315 e. The van der Waals surface area contributed by atoms with Crippen molar-refractivity contribution in [2.75, 3.05) is 40.8 Å². The van der Waals surface area contributed by atoms with Crippen LogP contribution in [-0.4, -0.2) is 73.2 Å². The van der Waals surface area contributed by atoms with Crippen molar-refractivity contribution in [3.05, 3.63) is 0 Å². The summed E-state index contributed by atoms with van der Waals surface area (Å²) in [4.78, 5) is 4.20. The Morgan fingerprint density at radius 2 is 1.82 bits per heavy atom. The molecule has 102 valence electrons. The van der Waals surface area contributed by atoms with E-state index in [0.717, 1.165) is 19.6 Å². The van der Waals surface area contributed by atoms with Crippen molar-refractivity contribution in [1.82, 2.24) is 9.80 Å². The van der Waals surface area contributed by atoms with E-state index in [1.54, 1.807) is 0 Å². The van der Waals surface area contributed by atoms with Gasteiger partial charge in [0.15, 0.2) is 5.66 Å². The second-order valence-electron chi connectivity index (χ2n) is 5.78. The summed E-state index contributed by atoms with van der Waals surface area (Å²) >= 11 is 0. The molecular weight excluding hydrogens is 216 g/mol. The fraction of sp³-hybridized carbons (Fsp3) is 1.00. The van der Waals surface area contributed by atoms with Crippen molar-refractivity contribution in [1.29, 1.82) is 0 Å². The first kappa shape index (κ1) is 14.8.